The Morgan fingerprint density at radius 2 is 1.57 bits per heavy atom. The van der Waals surface area contributed by atoms with Gasteiger partial charge in [-0.2, -0.15) is 0 Å². The molecule has 2 fully saturated rings. The van der Waals surface area contributed by atoms with Crippen molar-refractivity contribution < 1.29 is 39.7 Å². The molecule has 2 aliphatic heterocycles. The molecule has 5 N–H and O–H groups in total. The van der Waals surface area contributed by atoms with Gasteiger partial charge in [0.15, 0.2) is 6.29 Å². The molecule has 0 radical (unpaired) electrons. The number of hydrogen-bond donors (Lipinski definition) is 5. The van der Waals surface area contributed by atoms with Crippen LogP contribution in [0.1, 0.15) is 0 Å². The smallest absolute Gasteiger partial charge is 0.213 e. The lowest BCUT2D eigenvalue weighted by Crippen LogP contribution is -2.61. The van der Waals surface area contributed by atoms with Gasteiger partial charge in [0, 0.05) is 0 Å². The van der Waals surface area contributed by atoms with Gasteiger partial charge in [0.25, 0.3) is 0 Å². The largest absolute Gasteiger partial charge is 0.394 e. The molecule has 136 valence electrons. The van der Waals surface area contributed by atoms with Crippen LogP contribution in [-0.4, -0.2) is 98.0 Å². The fourth-order valence-corrected chi connectivity index (χ4v) is 3.44. The number of aliphatic hydroxyl groups excluding tert-OH is 5. The summed E-state index contributed by atoms with van der Waals surface area (Å²) in [5, 5.41) is 46.5. The van der Waals surface area contributed by atoms with Gasteiger partial charge in [-0.1, -0.05) is 0 Å². The summed E-state index contributed by atoms with van der Waals surface area (Å²) in [6.45, 7) is -1.00. The summed E-state index contributed by atoms with van der Waals surface area (Å²) < 4.78 is 16.2. The third-order valence-corrected chi connectivity index (χ3v) is 5.37. The van der Waals surface area contributed by atoms with E-state index < -0.39 is 66.6 Å². The Labute approximate surface area is 147 Å². The molecular formula is C12H19Cl3O8. The van der Waals surface area contributed by atoms with E-state index in [1.807, 2.05) is 0 Å². The van der Waals surface area contributed by atoms with Crippen LogP contribution >= 0.6 is 34.8 Å². The van der Waals surface area contributed by atoms with Gasteiger partial charge in [-0.25, -0.2) is 0 Å². The minimum atomic E-state index is -1.86. The lowest BCUT2D eigenvalue weighted by atomic mass is 10.0. The third-order valence-electron chi connectivity index (χ3n) is 3.94. The number of ether oxygens (including phenoxy) is 3. The van der Waals surface area contributed by atoms with Gasteiger partial charge in [-0.3, -0.25) is 0 Å². The molecule has 0 aliphatic carbocycles. The topological polar surface area (TPSA) is 129 Å². The van der Waals surface area contributed by atoms with E-state index in [1.54, 1.807) is 0 Å². The lowest BCUT2D eigenvalue weighted by Gasteiger charge is -2.43. The molecule has 23 heavy (non-hydrogen) atoms. The zero-order valence-electron chi connectivity index (χ0n) is 11.8. The molecule has 0 spiro atoms. The first-order valence-corrected chi connectivity index (χ1v) is 8.33. The van der Waals surface area contributed by atoms with Gasteiger partial charge >= 0.3 is 0 Å². The zero-order chi connectivity index (χ0) is 17.4. The Bertz CT molecular complexity index is 403. The fraction of sp³-hybridized carbons (Fsp3) is 1.00. The summed E-state index contributed by atoms with van der Waals surface area (Å²) in [5.41, 5.74) is 0. The van der Waals surface area contributed by atoms with Gasteiger partial charge in [-0.05, 0) is 0 Å². The van der Waals surface area contributed by atoms with Crippen LogP contribution in [0.2, 0.25) is 0 Å². The summed E-state index contributed by atoms with van der Waals surface area (Å²) in [7, 11) is 0. The van der Waals surface area contributed by atoms with Gasteiger partial charge in [0.05, 0.1) is 29.8 Å². The molecular weight excluding hydrogens is 378 g/mol. The van der Waals surface area contributed by atoms with Crippen molar-refractivity contribution in [2.45, 2.75) is 53.4 Å². The van der Waals surface area contributed by atoms with E-state index in [1.165, 1.54) is 0 Å². The van der Waals surface area contributed by atoms with E-state index in [4.69, 9.17) is 49.0 Å². The Morgan fingerprint density at radius 1 is 0.957 bits per heavy atom. The average molecular weight is 398 g/mol. The standard InChI is InChI=1S/C12H19Cl3O8/c13-3-12(10(20)7(15)5(2-17)22-12)23-11-9(19)8(18)6(14)4(1-16)21-11/h4-11,16-20H,1-3H2/t4-,5-,6+,7-,8+,9-,10+,11-,12+/m1/s1. The van der Waals surface area contributed by atoms with Gasteiger partial charge < -0.3 is 39.7 Å². The molecule has 0 aromatic carbocycles. The van der Waals surface area contributed by atoms with Crippen molar-refractivity contribution in [3.8, 4) is 0 Å². The minimum Gasteiger partial charge on any atom is -0.394 e. The molecule has 0 unspecified atom stereocenters. The number of aliphatic hydroxyl groups is 5. The van der Waals surface area contributed by atoms with Crippen LogP contribution in [0.25, 0.3) is 0 Å². The number of rotatable bonds is 5. The van der Waals surface area contributed by atoms with E-state index in [2.05, 4.69) is 0 Å². The van der Waals surface area contributed by atoms with Crippen molar-refractivity contribution in [2.75, 3.05) is 19.1 Å². The number of hydrogen-bond acceptors (Lipinski definition) is 8. The van der Waals surface area contributed by atoms with Crippen molar-refractivity contribution in [1.82, 2.24) is 0 Å². The highest BCUT2D eigenvalue weighted by molar-refractivity contribution is 6.22. The van der Waals surface area contributed by atoms with Crippen LogP contribution in [0.5, 0.6) is 0 Å². The van der Waals surface area contributed by atoms with E-state index in [0.29, 0.717) is 0 Å². The molecule has 2 rings (SSSR count). The fourth-order valence-electron chi connectivity index (χ4n) is 2.55. The van der Waals surface area contributed by atoms with Gasteiger partial charge in [0.1, 0.15) is 30.5 Å². The number of halogens is 3. The van der Waals surface area contributed by atoms with Crippen molar-refractivity contribution >= 4 is 34.8 Å². The molecule has 0 aromatic rings. The number of alkyl halides is 3. The van der Waals surface area contributed by atoms with Crippen molar-refractivity contribution in [1.29, 1.82) is 0 Å². The van der Waals surface area contributed by atoms with E-state index >= 15 is 0 Å². The first-order valence-electron chi connectivity index (χ1n) is 6.92. The zero-order valence-corrected chi connectivity index (χ0v) is 14.1. The molecule has 0 bridgehead atoms. The average Bonchev–Trinajstić information content (AvgIpc) is 2.80. The van der Waals surface area contributed by atoms with Crippen LogP contribution in [0.15, 0.2) is 0 Å². The first-order chi connectivity index (χ1) is 10.8. The van der Waals surface area contributed by atoms with Crippen LogP contribution in [0, 0.1) is 0 Å². The molecule has 11 heteroatoms. The van der Waals surface area contributed by atoms with Crippen LogP contribution in [-0.2, 0) is 14.2 Å². The summed E-state index contributed by atoms with van der Waals surface area (Å²) in [4.78, 5) is 0. The van der Waals surface area contributed by atoms with Crippen molar-refractivity contribution in [3.05, 3.63) is 0 Å². The SMILES string of the molecule is OC[C@H]1O[C@H](O[C@]2(CCl)O[C@H](CO)[C@@H](Cl)[C@@H]2O)[C@H](O)[C@@H](O)[C@H]1Cl. The molecule has 0 amide bonds. The molecule has 2 saturated heterocycles. The molecule has 8 nitrogen and oxygen atoms in total. The molecule has 0 saturated carbocycles. The summed E-state index contributed by atoms with van der Waals surface area (Å²) >= 11 is 17.7. The second-order valence-electron chi connectivity index (χ2n) is 5.44. The maximum Gasteiger partial charge on any atom is 0.213 e. The summed E-state index contributed by atoms with van der Waals surface area (Å²) in [6, 6.07) is 0. The monoisotopic (exact) mass is 396 g/mol. The molecule has 0 aromatic heterocycles. The molecule has 9 atom stereocenters. The summed E-state index contributed by atoms with van der Waals surface area (Å²) in [6.07, 6.45) is -7.87. The van der Waals surface area contributed by atoms with E-state index in [9.17, 15) is 25.5 Å². The van der Waals surface area contributed by atoms with Crippen molar-refractivity contribution in [2.24, 2.45) is 0 Å². The van der Waals surface area contributed by atoms with E-state index in [-0.39, 0.29) is 5.88 Å². The Kier molecular flexibility index (Phi) is 6.77. The highest BCUT2D eigenvalue weighted by Crippen LogP contribution is 2.39. The van der Waals surface area contributed by atoms with Gasteiger partial charge in [-0.15, -0.1) is 34.8 Å². The molecule has 2 aliphatic rings. The maximum absolute atomic E-state index is 10.2. The Morgan fingerprint density at radius 3 is 2.04 bits per heavy atom. The quantitative estimate of drug-likeness (QED) is 0.349. The Hall–Kier alpha value is 0.550. The second kappa shape index (κ2) is 7.84. The minimum absolute atomic E-state index is 0.384. The van der Waals surface area contributed by atoms with Crippen LogP contribution in [0.3, 0.4) is 0 Å². The second-order valence-corrected chi connectivity index (χ2v) is 6.72. The highest BCUT2D eigenvalue weighted by atomic mass is 35.5. The van der Waals surface area contributed by atoms with Crippen LogP contribution < -0.4 is 0 Å². The van der Waals surface area contributed by atoms with E-state index in [0.717, 1.165) is 0 Å². The highest BCUT2D eigenvalue weighted by Gasteiger charge is 2.58. The Balaban J connectivity index is 2.18. The van der Waals surface area contributed by atoms with Crippen LogP contribution in [0.4, 0.5) is 0 Å². The predicted octanol–water partition coefficient (Wildman–Crippen LogP) is -1.66. The third kappa shape index (κ3) is 3.58. The first kappa shape index (κ1) is 19.9. The molecule has 2 heterocycles. The van der Waals surface area contributed by atoms with Gasteiger partial charge in [0.2, 0.25) is 5.79 Å². The van der Waals surface area contributed by atoms with Crippen molar-refractivity contribution in [3.63, 3.8) is 0 Å². The maximum atomic E-state index is 10.2. The lowest BCUT2D eigenvalue weighted by molar-refractivity contribution is -0.358. The predicted molar refractivity (Wildman–Crippen MR) is 79.5 cm³/mol. The summed E-state index contributed by atoms with van der Waals surface area (Å²) in [5.74, 6) is -2.24. The normalized spacial score (nSPS) is 51.1.